The molecule has 6 heteroatoms. The third kappa shape index (κ3) is 3.47. The average Bonchev–Trinajstić information content (AvgIpc) is 2.31. The van der Waals surface area contributed by atoms with Gasteiger partial charge in [0.25, 0.3) is 0 Å². The number of nitrogens with one attached hydrogen (secondary N) is 1. The summed E-state index contributed by atoms with van der Waals surface area (Å²) in [4.78, 5) is 14.0. The van der Waals surface area contributed by atoms with Gasteiger partial charge in [-0.3, -0.25) is 9.69 Å². The summed E-state index contributed by atoms with van der Waals surface area (Å²) in [6.45, 7) is 3.88. The van der Waals surface area contributed by atoms with Crippen molar-refractivity contribution >= 4 is 30.7 Å². The largest absolute Gasteiger partial charge is 0.368 e. The number of rotatable bonds is 2. The van der Waals surface area contributed by atoms with E-state index in [1.54, 1.807) is 0 Å². The summed E-state index contributed by atoms with van der Waals surface area (Å²) in [5.74, 6) is -0.107. The van der Waals surface area contributed by atoms with E-state index in [0.29, 0.717) is 0 Å². The van der Waals surface area contributed by atoms with Crippen molar-refractivity contribution in [3.05, 3.63) is 0 Å². The maximum Gasteiger partial charge on any atom is 0.237 e. The highest BCUT2D eigenvalue weighted by atomic mass is 35.5. The monoisotopic (exact) mass is 283 g/mol. The number of hydrogen-bond acceptors (Lipinski definition) is 3. The van der Waals surface area contributed by atoms with E-state index in [0.717, 1.165) is 51.9 Å². The highest BCUT2D eigenvalue weighted by Gasteiger charge is 2.43. The fourth-order valence-electron chi connectivity index (χ4n) is 2.95. The van der Waals surface area contributed by atoms with Crippen molar-refractivity contribution in [2.24, 2.45) is 5.73 Å². The number of carbonyl (C=O) groups is 1. The van der Waals surface area contributed by atoms with Crippen molar-refractivity contribution in [3.63, 3.8) is 0 Å². The SMILES string of the molecule is Cl.Cl.NC(=O)C1(N2CCNCC2)CCCCC1. The van der Waals surface area contributed by atoms with Crippen LogP contribution in [0, 0.1) is 0 Å². The number of nitrogens with two attached hydrogens (primary N) is 1. The topological polar surface area (TPSA) is 58.4 Å². The number of carbonyl (C=O) groups excluding carboxylic acids is 1. The Morgan fingerprint density at radius 3 is 2.06 bits per heavy atom. The third-order valence-electron chi connectivity index (χ3n) is 3.86. The van der Waals surface area contributed by atoms with Gasteiger partial charge in [-0.15, -0.1) is 24.8 Å². The molecule has 0 bridgehead atoms. The standard InChI is InChI=1S/C11H21N3O.2ClH/c12-10(15)11(4-2-1-3-5-11)14-8-6-13-7-9-14;;/h13H,1-9H2,(H2,12,15);2*1H. The lowest BCUT2D eigenvalue weighted by molar-refractivity contribution is -0.133. The van der Waals surface area contributed by atoms with Crippen molar-refractivity contribution in [2.45, 2.75) is 37.6 Å². The van der Waals surface area contributed by atoms with E-state index in [-0.39, 0.29) is 36.3 Å². The first-order chi connectivity index (χ1) is 7.26. The zero-order valence-corrected chi connectivity index (χ0v) is 11.7. The van der Waals surface area contributed by atoms with Crippen molar-refractivity contribution in [1.29, 1.82) is 0 Å². The van der Waals surface area contributed by atoms with Crippen LogP contribution < -0.4 is 11.1 Å². The molecule has 0 radical (unpaired) electrons. The summed E-state index contributed by atoms with van der Waals surface area (Å²) in [6.07, 6.45) is 5.46. The fraction of sp³-hybridized carbons (Fsp3) is 0.909. The summed E-state index contributed by atoms with van der Waals surface area (Å²) in [7, 11) is 0. The van der Waals surface area contributed by atoms with Crippen molar-refractivity contribution in [1.82, 2.24) is 10.2 Å². The smallest absolute Gasteiger partial charge is 0.237 e. The van der Waals surface area contributed by atoms with E-state index in [1.807, 2.05) is 0 Å². The summed E-state index contributed by atoms with van der Waals surface area (Å²) in [6, 6.07) is 0. The van der Waals surface area contributed by atoms with E-state index >= 15 is 0 Å². The molecule has 0 aromatic carbocycles. The van der Waals surface area contributed by atoms with Gasteiger partial charge in [0.15, 0.2) is 0 Å². The Kier molecular flexibility index (Phi) is 7.40. The van der Waals surface area contributed by atoms with Crippen LogP contribution in [0.4, 0.5) is 0 Å². The first-order valence-electron chi connectivity index (χ1n) is 6.01. The molecule has 0 unspecified atom stereocenters. The number of primary amides is 1. The van der Waals surface area contributed by atoms with Gasteiger partial charge in [-0.2, -0.15) is 0 Å². The van der Waals surface area contributed by atoms with Crippen molar-refractivity contribution in [3.8, 4) is 0 Å². The number of hydrogen-bond donors (Lipinski definition) is 2. The molecule has 102 valence electrons. The van der Waals surface area contributed by atoms with Crippen LogP contribution in [0.5, 0.6) is 0 Å². The number of nitrogens with zero attached hydrogens (tertiary/aromatic N) is 1. The summed E-state index contributed by atoms with van der Waals surface area (Å²) in [5.41, 5.74) is 5.31. The Labute approximate surface area is 115 Å². The molecular formula is C11H23Cl2N3O. The molecule has 0 aromatic heterocycles. The lowest BCUT2D eigenvalue weighted by Gasteiger charge is -2.45. The highest BCUT2D eigenvalue weighted by Crippen LogP contribution is 2.33. The van der Waals surface area contributed by atoms with Crippen LogP contribution >= 0.6 is 24.8 Å². The van der Waals surface area contributed by atoms with E-state index in [9.17, 15) is 4.79 Å². The van der Waals surface area contributed by atoms with E-state index in [4.69, 9.17) is 5.73 Å². The fourth-order valence-corrected chi connectivity index (χ4v) is 2.95. The normalized spacial score (nSPS) is 24.2. The summed E-state index contributed by atoms with van der Waals surface area (Å²) >= 11 is 0. The minimum absolute atomic E-state index is 0. The average molecular weight is 284 g/mol. The van der Waals surface area contributed by atoms with Crippen LogP contribution in [0.2, 0.25) is 0 Å². The van der Waals surface area contributed by atoms with Crippen LogP contribution in [-0.2, 0) is 4.79 Å². The second-order valence-corrected chi connectivity index (χ2v) is 4.69. The molecular weight excluding hydrogens is 261 g/mol. The Hall–Kier alpha value is -0.0300. The van der Waals surface area contributed by atoms with E-state index in [1.165, 1.54) is 6.42 Å². The molecule has 2 fully saturated rings. The number of piperazine rings is 1. The molecule has 0 aromatic rings. The first-order valence-corrected chi connectivity index (χ1v) is 6.01. The molecule has 2 aliphatic rings. The Morgan fingerprint density at radius 2 is 1.59 bits per heavy atom. The second-order valence-electron chi connectivity index (χ2n) is 4.69. The van der Waals surface area contributed by atoms with Crippen LogP contribution in [0.3, 0.4) is 0 Å². The van der Waals surface area contributed by atoms with Gasteiger partial charge in [-0.05, 0) is 12.8 Å². The number of halogens is 2. The predicted molar refractivity (Wildman–Crippen MR) is 73.9 cm³/mol. The minimum atomic E-state index is -0.319. The molecule has 1 aliphatic carbocycles. The van der Waals surface area contributed by atoms with Crippen LogP contribution in [-0.4, -0.2) is 42.5 Å². The minimum Gasteiger partial charge on any atom is -0.368 e. The predicted octanol–water partition coefficient (Wildman–Crippen LogP) is 0.923. The van der Waals surface area contributed by atoms with Crippen molar-refractivity contribution < 1.29 is 4.79 Å². The van der Waals surface area contributed by atoms with Gasteiger partial charge in [0.2, 0.25) is 5.91 Å². The van der Waals surface area contributed by atoms with Gasteiger partial charge in [0.05, 0.1) is 0 Å². The summed E-state index contributed by atoms with van der Waals surface area (Å²) < 4.78 is 0. The Morgan fingerprint density at radius 1 is 1.06 bits per heavy atom. The second kappa shape index (κ2) is 7.41. The molecule has 1 aliphatic heterocycles. The molecule has 0 atom stereocenters. The van der Waals surface area contributed by atoms with Crippen LogP contribution in [0.25, 0.3) is 0 Å². The van der Waals surface area contributed by atoms with Gasteiger partial charge >= 0.3 is 0 Å². The first kappa shape index (κ1) is 17.0. The third-order valence-corrected chi connectivity index (χ3v) is 3.86. The number of amides is 1. The maximum atomic E-state index is 11.7. The van der Waals surface area contributed by atoms with Gasteiger partial charge in [0, 0.05) is 26.2 Å². The zero-order valence-electron chi connectivity index (χ0n) is 10.1. The summed E-state index contributed by atoms with van der Waals surface area (Å²) in [5, 5.41) is 3.32. The molecule has 4 nitrogen and oxygen atoms in total. The van der Waals surface area contributed by atoms with Gasteiger partial charge in [-0.1, -0.05) is 19.3 Å². The van der Waals surface area contributed by atoms with Crippen LogP contribution in [0.15, 0.2) is 0 Å². The lowest BCUT2D eigenvalue weighted by atomic mass is 9.79. The molecule has 17 heavy (non-hydrogen) atoms. The highest BCUT2D eigenvalue weighted by molar-refractivity contribution is 5.85. The van der Waals surface area contributed by atoms with E-state index in [2.05, 4.69) is 10.2 Å². The molecule has 1 saturated carbocycles. The quantitative estimate of drug-likeness (QED) is 0.793. The van der Waals surface area contributed by atoms with Crippen molar-refractivity contribution in [2.75, 3.05) is 26.2 Å². The van der Waals surface area contributed by atoms with E-state index < -0.39 is 0 Å². The molecule has 1 heterocycles. The van der Waals surface area contributed by atoms with Gasteiger partial charge in [-0.25, -0.2) is 0 Å². The van der Waals surface area contributed by atoms with Crippen LogP contribution in [0.1, 0.15) is 32.1 Å². The molecule has 1 saturated heterocycles. The molecule has 2 rings (SSSR count). The Bertz CT molecular complexity index is 239. The molecule has 3 N–H and O–H groups in total. The van der Waals surface area contributed by atoms with Gasteiger partial charge in [0.1, 0.15) is 5.54 Å². The lowest BCUT2D eigenvalue weighted by Crippen LogP contribution is -2.62. The molecule has 0 spiro atoms. The zero-order chi connectivity index (χ0) is 10.7. The Balaban J connectivity index is 0.00000128. The van der Waals surface area contributed by atoms with Gasteiger partial charge < -0.3 is 11.1 Å². The maximum absolute atomic E-state index is 11.7. The molecule has 1 amide bonds.